The Morgan fingerprint density at radius 1 is 1.11 bits per heavy atom. The molecule has 1 aliphatic heterocycles. The smallest absolute Gasteiger partial charge is 0.191 e. The normalized spacial score (nSPS) is 23.2. The minimum absolute atomic E-state index is 0. The molecule has 2 N–H and O–H groups in total. The van der Waals surface area contributed by atoms with Crippen LogP contribution in [0.25, 0.3) is 0 Å². The van der Waals surface area contributed by atoms with Crippen molar-refractivity contribution in [2.24, 2.45) is 4.99 Å². The SMILES string of the molecule is CCNC(=NCC1(c2ccccc2)CCCC1)NCC1CN(C)CCN1C.I. The topological polar surface area (TPSA) is 42.9 Å². The number of nitrogens with zero attached hydrogens (tertiary/aromatic N) is 3. The number of rotatable bonds is 6. The predicted octanol–water partition coefficient (Wildman–Crippen LogP) is 2.92. The number of piperazine rings is 1. The molecule has 0 aromatic heterocycles. The average Bonchev–Trinajstić information content (AvgIpc) is 3.17. The van der Waals surface area contributed by atoms with Crippen molar-refractivity contribution in [3.63, 3.8) is 0 Å². The Hall–Kier alpha value is -0.860. The first kappa shape index (κ1) is 23.4. The Labute approximate surface area is 188 Å². The molecule has 28 heavy (non-hydrogen) atoms. The summed E-state index contributed by atoms with van der Waals surface area (Å²) in [5, 5.41) is 7.05. The van der Waals surface area contributed by atoms with Crippen molar-refractivity contribution in [2.75, 3.05) is 53.4 Å². The van der Waals surface area contributed by atoms with Crippen LogP contribution in [-0.2, 0) is 5.41 Å². The molecule has 3 rings (SSSR count). The minimum atomic E-state index is 0. The molecule has 0 radical (unpaired) electrons. The quantitative estimate of drug-likeness (QED) is 0.359. The third kappa shape index (κ3) is 6.07. The summed E-state index contributed by atoms with van der Waals surface area (Å²) in [5.41, 5.74) is 1.67. The van der Waals surface area contributed by atoms with Gasteiger partial charge in [-0.1, -0.05) is 43.2 Å². The lowest BCUT2D eigenvalue weighted by Crippen LogP contribution is -2.55. The lowest BCUT2D eigenvalue weighted by atomic mass is 9.79. The number of nitrogens with one attached hydrogen (secondary N) is 2. The molecular weight excluding hydrogens is 461 g/mol. The van der Waals surface area contributed by atoms with Gasteiger partial charge in [-0.3, -0.25) is 9.89 Å². The number of likely N-dealkylation sites (N-methyl/N-ethyl adjacent to an activating group) is 2. The van der Waals surface area contributed by atoms with Crippen molar-refractivity contribution >= 4 is 29.9 Å². The van der Waals surface area contributed by atoms with Gasteiger partial charge in [-0.15, -0.1) is 24.0 Å². The van der Waals surface area contributed by atoms with E-state index >= 15 is 0 Å². The number of halogens is 1. The molecule has 1 atom stereocenters. The fourth-order valence-electron chi connectivity index (χ4n) is 4.49. The van der Waals surface area contributed by atoms with Gasteiger partial charge in [-0.25, -0.2) is 0 Å². The Balaban J connectivity index is 0.00000280. The second-order valence-electron chi connectivity index (χ2n) is 8.33. The lowest BCUT2D eigenvalue weighted by molar-refractivity contribution is 0.116. The fraction of sp³-hybridized carbons (Fsp3) is 0.682. The van der Waals surface area contributed by atoms with Gasteiger partial charge in [0.2, 0.25) is 0 Å². The van der Waals surface area contributed by atoms with Gasteiger partial charge in [0.05, 0.1) is 6.54 Å². The van der Waals surface area contributed by atoms with Gasteiger partial charge >= 0.3 is 0 Å². The molecule has 0 amide bonds. The highest BCUT2D eigenvalue weighted by Gasteiger charge is 2.35. The number of benzene rings is 1. The number of guanidine groups is 1. The second kappa shape index (κ2) is 11.4. The van der Waals surface area contributed by atoms with Crippen molar-refractivity contribution in [1.29, 1.82) is 0 Å². The van der Waals surface area contributed by atoms with Crippen LogP contribution in [0.3, 0.4) is 0 Å². The summed E-state index contributed by atoms with van der Waals surface area (Å²) in [6.45, 7) is 8.23. The summed E-state index contributed by atoms with van der Waals surface area (Å²) >= 11 is 0. The second-order valence-corrected chi connectivity index (χ2v) is 8.33. The summed E-state index contributed by atoms with van der Waals surface area (Å²) < 4.78 is 0. The van der Waals surface area contributed by atoms with E-state index in [4.69, 9.17) is 4.99 Å². The number of hydrogen-bond acceptors (Lipinski definition) is 3. The van der Waals surface area contributed by atoms with E-state index in [0.29, 0.717) is 6.04 Å². The summed E-state index contributed by atoms with van der Waals surface area (Å²) in [5.74, 6) is 0.960. The van der Waals surface area contributed by atoms with E-state index in [0.717, 1.165) is 45.2 Å². The molecule has 1 aromatic carbocycles. The Morgan fingerprint density at radius 3 is 2.50 bits per heavy atom. The maximum atomic E-state index is 5.03. The van der Waals surface area contributed by atoms with Crippen molar-refractivity contribution in [3.8, 4) is 0 Å². The largest absolute Gasteiger partial charge is 0.357 e. The minimum Gasteiger partial charge on any atom is -0.357 e. The van der Waals surface area contributed by atoms with Crippen LogP contribution in [-0.4, -0.2) is 75.2 Å². The van der Waals surface area contributed by atoms with Gasteiger partial charge < -0.3 is 15.5 Å². The van der Waals surface area contributed by atoms with Crippen LogP contribution < -0.4 is 10.6 Å². The molecule has 6 heteroatoms. The molecule has 0 spiro atoms. The standard InChI is InChI=1S/C22H37N5.HI/c1-4-23-21(24-16-20-17-26(2)14-15-27(20)3)25-18-22(12-8-9-13-22)19-10-6-5-7-11-19;/h5-7,10-11,20H,4,8-9,12-18H2,1-3H3,(H2,23,24,25);1H. The first-order valence-corrected chi connectivity index (χ1v) is 10.6. The molecule has 0 bridgehead atoms. The van der Waals surface area contributed by atoms with Gasteiger partial charge in [-0.05, 0) is 39.4 Å². The molecule has 1 heterocycles. The van der Waals surface area contributed by atoms with Crippen molar-refractivity contribution in [1.82, 2.24) is 20.4 Å². The van der Waals surface area contributed by atoms with E-state index in [9.17, 15) is 0 Å². The van der Waals surface area contributed by atoms with Crippen LogP contribution in [0, 0.1) is 0 Å². The zero-order valence-corrected chi connectivity index (χ0v) is 20.1. The average molecular weight is 499 g/mol. The zero-order chi connectivity index (χ0) is 19.1. The summed E-state index contributed by atoms with van der Waals surface area (Å²) in [6.07, 6.45) is 5.12. The van der Waals surface area contributed by atoms with Crippen molar-refractivity contribution in [2.45, 2.75) is 44.1 Å². The van der Waals surface area contributed by atoms with E-state index < -0.39 is 0 Å². The third-order valence-corrected chi connectivity index (χ3v) is 6.32. The summed E-state index contributed by atoms with van der Waals surface area (Å²) in [7, 11) is 4.44. The maximum Gasteiger partial charge on any atom is 0.191 e. The molecule has 5 nitrogen and oxygen atoms in total. The van der Waals surface area contributed by atoms with Gasteiger partial charge in [0, 0.05) is 44.2 Å². The fourth-order valence-corrected chi connectivity index (χ4v) is 4.49. The van der Waals surface area contributed by atoms with Crippen LogP contribution in [0.15, 0.2) is 35.3 Å². The summed E-state index contributed by atoms with van der Waals surface area (Å²) in [4.78, 5) is 9.91. The van der Waals surface area contributed by atoms with E-state index in [1.807, 2.05) is 0 Å². The molecule has 1 unspecified atom stereocenters. The van der Waals surface area contributed by atoms with Crippen LogP contribution in [0.5, 0.6) is 0 Å². The molecular formula is C22H38IN5. The van der Waals surface area contributed by atoms with Gasteiger partial charge in [0.25, 0.3) is 0 Å². The van der Waals surface area contributed by atoms with E-state index in [2.05, 4.69) is 71.8 Å². The van der Waals surface area contributed by atoms with Gasteiger partial charge in [-0.2, -0.15) is 0 Å². The number of hydrogen-bond donors (Lipinski definition) is 2. The van der Waals surface area contributed by atoms with Crippen molar-refractivity contribution in [3.05, 3.63) is 35.9 Å². The third-order valence-electron chi connectivity index (χ3n) is 6.32. The first-order valence-electron chi connectivity index (χ1n) is 10.6. The molecule has 1 saturated heterocycles. The maximum absolute atomic E-state index is 5.03. The van der Waals surface area contributed by atoms with Crippen LogP contribution >= 0.6 is 24.0 Å². The lowest BCUT2D eigenvalue weighted by Gasteiger charge is -2.38. The monoisotopic (exact) mass is 499 g/mol. The Kier molecular flexibility index (Phi) is 9.50. The Bertz CT molecular complexity index is 600. The molecule has 2 fully saturated rings. The van der Waals surface area contributed by atoms with Crippen molar-refractivity contribution < 1.29 is 0 Å². The number of aliphatic imine (C=N–C) groups is 1. The molecule has 2 aliphatic rings. The summed E-state index contributed by atoms with van der Waals surface area (Å²) in [6, 6.07) is 11.5. The molecule has 1 aromatic rings. The van der Waals surface area contributed by atoms with Gasteiger partial charge in [0.15, 0.2) is 5.96 Å². The highest BCUT2D eigenvalue weighted by molar-refractivity contribution is 14.0. The zero-order valence-electron chi connectivity index (χ0n) is 17.8. The predicted molar refractivity (Wildman–Crippen MR) is 130 cm³/mol. The molecule has 158 valence electrons. The van der Waals surface area contributed by atoms with E-state index in [-0.39, 0.29) is 29.4 Å². The van der Waals surface area contributed by atoms with E-state index in [1.165, 1.54) is 31.2 Å². The molecule has 1 aliphatic carbocycles. The molecule has 1 saturated carbocycles. The van der Waals surface area contributed by atoms with E-state index in [1.54, 1.807) is 0 Å². The van der Waals surface area contributed by atoms with Crippen LogP contribution in [0.4, 0.5) is 0 Å². The highest BCUT2D eigenvalue weighted by Crippen LogP contribution is 2.41. The highest BCUT2D eigenvalue weighted by atomic mass is 127. The Morgan fingerprint density at radius 2 is 1.82 bits per heavy atom. The van der Waals surface area contributed by atoms with Gasteiger partial charge in [0.1, 0.15) is 0 Å². The van der Waals surface area contributed by atoms with Crippen LogP contribution in [0.2, 0.25) is 0 Å². The van der Waals surface area contributed by atoms with Crippen LogP contribution in [0.1, 0.15) is 38.2 Å². The first-order chi connectivity index (χ1) is 13.1.